The number of benzene rings is 1. The lowest BCUT2D eigenvalue weighted by Gasteiger charge is -2.46. The molecule has 7 rings (SSSR count). The molecule has 0 spiro atoms. The fraction of sp³-hybridized carbons (Fsp3) is 0.633. The van der Waals surface area contributed by atoms with Crippen LogP contribution in [0.25, 0.3) is 0 Å². The molecule has 26 nitrogen and oxygen atoms in total. The van der Waals surface area contributed by atoms with Crippen molar-refractivity contribution in [1.82, 2.24) is 16.1 Å². The van der Waals surface area contributed by atoms with Crippen molar-refractivity contribution in [2.45, 2.75) is 175 Å². The topological polar surface area (TPSA) is 327 Å². The zero-order chi connectivity index (χ0) is 65.6. The van der Waals surface area contributed by atoms with Crippen molar-refractivity contribution in [2.24, 2.45) is 0 Å². The number of ether oxygens (including phenoxy) is 13. The molecule has 4 heterocycles. The summed E-state index contributed by atoms with van der Waals surface area (Å²) >= 11 is 1.48. The number of fused-ring (bicyclic) bond motifs is 2. The average molecular weight is 1340 g/mol. The molecule has 498 valence electrons. The van der Waals surface area contributed by atoms with Crippen molar-refractivity contribution in [1.29, 1.82) is 0 Å². The molecule has 1 unspecified atom stereocenters. The molecule has 2 bridgehead atoms. The smallest absolute Gasteiger partial charge is 0.411 e. The van der Waals surface area contributed by atoms with Crippen molar-refractivity contribution in [3.8, 4) is 35.2 Å². The van der Waals surface area contributed by atoms with E-state index < -0.39 is 127 Å². The maximum atomic E-state index is 15.6. The summed E-state index contributed by atoms with van der Waals surface area (Å²) in [5.74, 6) is 8.64. The van der Waals surface area contributed by atoms with Crippen molar-refractivity contribution in [3.63, 3.8) is 0 Å². The van der Waals surface area contributed by atoms with Gasteiger partial charge in [-0.15, -0.1) is 0 Å². The molecule has 0 aromatic heterocycles. The lowest BCUT2D eigenvalue weighted by molar-refractivity contribution is -0.311. The Morgan fingerprint density at radius 3 is 2.27 bits per heavy atom. The van der Waals surface area contributed by atoms with Crippen LogP contribution >= 0.6 is 43.2 Å². The van der Waals surface area contributed by atoms with Gasteiger partial charge in [0.1, 0.15) is 30.5 Å². The summed E-state index contributed by atoms with van der Waals surface area (Å²) in [6, 6.07) is 1.57. The molecular formula is C60H82N4O22S4. The van der Waals surface area contributed by atoms with E-state index in [9.17, 15) is 34.8 Å². The molecule has 4 fully saturated rings. The maximum absolute atomic E-state index is 15.6. The molecule has 1 aromatic carbocycles. The SMILES string of the molecule is C=C(OC)C(=O)Nc1cc(OC)c(OC)cc1C(=O)O[C@H]1CC(O[C@@H]2C(=O)C(NC(=O)OC)=C3C(=CCSSSC)[C@@]2(O)C#CC=CC#C[C@@H]3O[C@@H]2O[C@H](C)[C@@H](NO[C@H]3C[C@H](O)[C@H](SC)[C@@H](C)O3)[C@H](O)[C@H]2OC[C@H]2C[C@H](OC)[C@@H](NC(C)C)CO2)O[C@@H](C)[C@@H]1O. The Balaban J connectivity index is 1.26. The number of carbonyl (C=O) groups is 4. The first-order valence-electron chi connectivity index (χ1n) is 28.9. The number of aliphatic hydroxyl groups excluding tert-OH is 3. The average Bonchev–Trinajstić information content (AvgIpc) is 0.767. The Hall–Kier alpha value is -4.62. The Morgan fingerprint density at radius 1 is 0.878 bits per heavy atom. The molecule has 90 heavy (non-hydrogen) atoms. The number of rotatable bonds is 26. The molecule has 0 saturated carbocycles. The zero-order valence-electron chi connectivity index (χ0n) is 52.1. The Labute approximate surface area is 539 Å². The van der Waals surface area contributed by atoms with Crippen molar-refractivity contribution in [2.75, 3.05) is 72.3 Å². The van der Waals surface area contributed by atoms with Gasteiger partial charge in [-0.1, -0.05) is 71.8 Å². The molecule has 4 saturated heterocycles. The third kappa shape index (κ3) is 17.8. The second-order valence-corrected chi connectivity index (χ2v) is 27.2. The van der Waals surface area contributed by atoms with Crippen LogP contribution in [0.3, 0.4) is 0 Å². The molecule has 4 aliphatic heterocycles. The monoisotopic (exact) mass is 1340 g/mol. The van der Waals surface area contributed by atoms with E-state index >= 15 is 4.79 Å². The van der Waals surface area contributed by atoms with Crippen LogP contribution in [0.4, 0.5) is 10.5 Å². The van der Waals surface area contributed by atoms with Crippen LogP contribution in [0.1, 0.15) is 64.2 Å². The molecule has 2 aliphatic carbocycles. The highest BCUT2D eigenvalue weighted by atomic mass is 33.5. The maximum Gasteiger partial charge on any atom is 0.411 e. The van der Waals surface area contributed by atoms with E-state index in [4.69, 9.17) is 66.4 Å². The number of thioether (sulfide) groups is 1. The van der Waals surface area contributed by atoms with Gasteiger partial charge in [0, 0.05) is 61.4 Å². The number of ketones is 1. The van der Waals surface area contributed by atoms with Gasteiger partial charge in [-0.2, -0.15) is 17.2 Å². The number of alkyl carbamates (subject to hydrolysis) is 1. The quantitative estimate of drug-likeness (QED) is 0.0125. The third-order valence-corrected chi connectivity index (χ3v) is 20.5. The van der Waals surface area contributed by atoms with Gasteiger partial charge in [0.2, 0.25) is 5.78 Å². The summed E-state index contributed by atoms with van der Waals surface area (Å²) in [4.78, 5) is 62.5. The fourth-order valence-electron chi connectivity index (χ4n) is 11.0. The minimum absolute atomic E-state index is 0.0854. The molecule has 8 N–H and O–H groups in total. The van der Waals surface area contributed by atoms with Crippen LogP contribution in [-0.2, 0) is 66.5 Å². The number of hydroxylamine groups is 1. The third-order valence-electron chi connectivity index (χ3n) is 15.5. The van der Waals surface area contributed by atoms with Crippen molar-refractivity contribution in [3.05, 3.63) is 65.1 Å². The zero-order valence-corrected chi connectivity index (χ0v) is 55.3. The first kappa shape index (κ1) is 72.8. The van der Waals surface area contributed by atoms with Crippen LogP contribution < -0.4 is 30.9 Å². The second kappa shape index (κ2) is 34.0. The van der Waals surface area contributed by atoms with Gasteiger partial charge in [-0.05, 0) is 55.3 Å². The number of amides is 2. The van der Waals surface area contributed by atoms with Gasteiger partial charge < -0.3 is 92.6 Å². The minimum atomic E-state index is -2.65. The predicted molar refractivity (Wildman–Crippen MR) is 335 cm³/mol. The number of allylic oxidation sites excluding steroid dienone is 2. The molecule has 0 radical (unpaired) electrons. The van der Waals surface area contributed by atoms with Gasteiger partial charge in [0.25, 0.3) is 5.91 Å². The first-order valence-corrected chi connectivity index (χ1v) is 34.3. The highest BCUT2D eigenvalue weighted by molar-refractivity contribution is 9.09. The Morgan fingerprint density at radius 2 is 1.60 bits per heavy atom. The number of Topliss-reactive ketones (excluding diaryl/α,β-unsaturated/α-hetero) is 1. The number of methoxy groups -OCH3 is 5. The number of nitrogens with one attached hydrogen (secondary N) is 4. The van der Waals surface area contributed by atoms with Gasteiger partial charge in [0.05, 0.1) is 113 Å². The van der Waals surface area contributed by atoms with Crippen molar-refractivity contribution < 1.29 is 106 Å². The van der Waals surface area contributed by atoms with Crippen LogP contribution in [0.5, 0.6) is 11.5 Å². The number of hydrogen-bond acceptors (Lipinski definition) is 28. The number of aliphatic hydroxyl groups is 4. The summed E-state index contributed by atoms with van der Waals surface area (Å²) < 4.78 is 77.9. The lowest BCUT2D eigenvalue weighted by atomic mass is 9.73. The number of esters is 1. The van der Waals surface area contributed by atoms with Gasteiger partial charge in [0.15, 0.2) is 47.8 Å². The number of anilines is 1. The van der Waals surface area contributed by atoms with E-state index in [-0.39, 0.29) is 94.6 Å². The van der Waals surface area contributed by atoms with E-state index in [0.29, 0.717) is 6.42 Å². The Kier molecular flexibility index (Phi) is 27.5. The number of hydrogen-bond donors (Lipinski definition) is 8. The predicted octanol–water partition coefficient (Wildman–Crippen LogP) is 3.46. The molecule has 2 amide bonds. The van der Waals surface area contributed by atoms with E-state index in [1.54, 1.807) is 20.1 Å². The largest absolute Gasteiger partial charge is 0.493 e. The first-order chi connectivity index (χ1) is 43.0. The minimum Gasteiger partial charge on any atom is -0.493 e. The van der Waals surface area contributed by atoms with Gasteiger partial charge >= 0.3 is 12.1 Å². The lowest BCUT2D eigenvalue weighted by Crippen LogP contribution is -2.64. The van der Waals surface area contributed by atoms with Crippen LogP contribution in [-0.4, -0.2) is 232 Å². The van der Waals surface area contributed by atoms with E-state index in [0.717, 1.165) is 7.11 Å². The summed E-state index contributed by atoms with van der Waals surface area (Å²) in [7, 11) is 10.8. The van der Waals surface area contributed by atoms with Crippen LogP contribution in [0.2, 0.25) is 0 Å². The molecule has 30 heteroatoms. The fourth-order valence-corrected chi connectivity index (χ4v) is 14.3. The molecule has 1 aromatic rings. The van der Waals surface area contributed by atoms with Crippen molar-refractivity contribution >= 4 is 72.6 Å². The van der Waals surface area contributed by atoms with Gasteiger partial charge in [-0.25, -0.2) is 9.59 Å². The molecular weight excluding hydrogens is 1260 g/mol. The van der Waals surface area contributed by atoms with E-state index in [1.165, 1.54) is 95.7 Å². The Bertz CT molecular complexity index is 2910. The van der Waals surface area contributed by atoms with Gasteiger partial charge in [-0.3, -0.25) is 19.7 Å². The normalized spacial score (nSPS) is 33.8. The summed E-state index contributed by atoms with van der Waals surface area (Å²) in [6.45, 7) is 12.7. The number of carbonyl (C=O) groups excluding carboxylic acids is 4. The van der Waals surface area contributed by atoms with E-state index in [2.05, 4.69) is 51.7 Å². The highest BCUT2D eigenvalue weighted by Gasteiger charge is 2.57. The van der Waals surface area contributed by atoms with Crippen LogP contribution in [0, 0.1) is 23.7 Å². The molecule has 19 atom stereocenters. The second-order valence-electron chi connectivity index (χ2n) is 21.8. The summed E-state index contributed by atoms with van der Waals surface area (Å²) in [6.07, 6.45) is -10.7. The van der Waals surface area contributed by atoms with Crippen LogP contribution in [0.15, 0.2) is 59.5 Å². The standard InChI is InChI=1S/C60H82N4O22S4/c1-29(2)61-38-28-78-34(22-41(38)74-8)27-79-53-51(67)48(64-86-46-25-39(65)54(87-12)32(5)81-46)30(3)82-58(53)84-40-18-16-14-15-17-20-60(72)36(19-21-89-90-88-13)47(40)49(63-59(71)77-11)52(68)55(60)85-45-26-44(50(66)31(4)80-45)83-57(70)35-23-42(75-9)43(76-10)24-37(35)62-56(69)33(6)73-7/h14-15,19,23-24,29-32,34,38-41,44-46,48,50-51,53-55,58,61,64-67,72H,6,21-22,25-28H2,1-5,7-13H3,(H,62,69)(H,63,71)/t30-,31+,32-,34-,38+,39+,40+,41+,44+,45?,46+,48-,50+,51+,53-,54-,55-,58+,60+/m1/s1. The summed E-state index contributed by atoms with van der Waals surface area (Å²) in [5.41, 5.74) is -0.905. The summed E-state index contributed by atoms with van der Waals surface area (Å²) in [5, 5.41) is 56.8. The molecule has 6 aliphatic rings. The highest BCUT2D eigenvalue weighted by Crippen LogP contribution is 2.44. The van der Waals surface area contributed by atoms with E-state index in [1.807, 2.05) is 33.3 Å².